The highest BCUT2D eigenvalue weighted by Crippen LogP contribution is 2.57. The Morgan fingerprint density at radius 1 is 1.22 bits per heavy atom. The van der Waals surface area contributed by atoms with Crippen molar-refractivity contribution in [1.29, 1.82) is 0 Å². The smallest absolute Gasteiger partial charge is 0.127 e. The number of hydrogen-bond acceptors (Lipinski definition) is 1. The molecular weight excluding hydrogens is 225 g/mol. The first-order chi connectivity index (χ1) is 8.79. The zero-order valence-electron chi connectivity index (χ0n) is 11.0. The van der Waals surface area contributed by atoms with Gasteiger partial charge in [-0.15, -0.1) is 0 Å². The molecule has 3 unspecified atom stereocenters. The van der Waals surface area contributed by atoms with Crippen LogP contribution >= 0.6 is 0 Å². The van der Waals surface area contributed by atoms with Crippen LogP contribution in [0.5, 0.6) is 0 Å². The average Bonchev–Trinajstić information content (AvgIpc) is 2.99. The highest BCUT2D eigenvalue weighted by Gasteiger charge is 2.48. The molecule has 2 saturated carbocycles. The molecule has 0 amide bonds. The number of benzene rings is 1. The van der Waals surface area contributed by atoms with Crippen LogP contribution in [0.2, 0.25) is 0 Å². The second kappa shape index (κ2) is 5.00. The fourth-order valence-corrected chi connectivity index (χ4v) is 3.59. The Morgan fingerprint density at radius 3 is 2.61 bits per heavy atom. The van der Waals surface area contributed by atoms with Gasteiger partial charge in [0.25, 0.3) is 0 Å². The molecular formula is C16H22FN. The van der Waals surface area contributed by atoms with Gasteiger partial charge in [-0.3, -0.25) is 0 Å². The monoisotopic (exact) mass is 247 g/mol. The maximum Gasteiger partial charge on any atom is 0.127 e. The molecule has 2 fully saturated rings. The zero-order chi connectivity index (χ0) is 12.5. The third kappa shape index (κ3) is 2.31. The maximum atomic E-state index is 14.0. The van der Waals surface area contributed by atoms with Crippen LogP contribution in [0.3, 0.4) is 0 Å². The first kappa shape index (κ1) is 12.2. The molecule has 0 aliphatic heterocycles. The lowest BCUT2D eigenvalue weighted by atomic mass is 9.88. The first-order valence-electron chi connectivity index (χ1n) is 7.27. The second-order valence-electron chi connectivity index (χ2n) is 5.94. The Kier molecular flexibility index (Phi) is 3.38. The van der Waals surface area contributed by atoms with E-state index in [-0.39, 0.29) is 11.9 Å². The van der Waals surface area contributed by atoms with Crippen molar-refractivity contribution in [2.24, 2.45) is 17.8 Å². The molecule has 2 aliphatic rings. The molecule has 1 N–H and O–H groups in total. The Morgan fingerprint density at radius 2 is 1.94 bits per heavy atom. The fraction of sp³-hybridized carbons (Fsp3) is 0.625. The van der Waals surface area contributed by atoms with E-state index in [9.17, 15) is 4.39 Å². The molecule has 1 aromatic carbocycles. The zero-order valence-corrected chi connectivity index (χ0v) is 11.0. The van der Waals surface area contributed by atoms with Crippen LogP contribution in [0.25, 0.3) is 0 Å². The van der Waals surface area contributed by atoms with E-state index in [2.05, 4.69) is 12.2 Å². The van der Waals surface area contributed by atoms with E-state index in [1.54, 1.807) is 12.1 Å². The summed E-state index contributed by atoms with van der Waals surface area (Å²) in [5.41, 5.74) is 0.872. The summed E-state index contributed by atoms with van der Waals surface area (Å²) < 4.78 is 14.0. The number of fused-ring (bicyclic) bond motifs is 1. The van der Waals surface area contributed by atoms with Crippen molar-refractivity contribution >= 4 is 0 Å². The summed E-state index contributed by atoms with van der Waals surface area (Å²) in [6.45, 7) is 3.14. The van der Waals surface area contributed by atoms with Crippen LogP contribution in [0.15, 0.2) is 24.3 Å². The van der Waals surface area contributed by atoms with Crippen molar-refractivity contribution in [3.05, 3.63) is 35.6 Å². The third-order valence-electron chi connectivity index (χ3n) is 4.61. The lowest BCUT2D eigenvalue weighted by Crippen LogP contribution is -2.29. The lowest BCUT2D eigenvalue weighted by molar-refractivity contribution is 0.333. The van der Waals surface area contributed by atoms with Crippen LogP contribution in [0.4, 0.5) is 4.39 Å². The minimum atomic E-state index is -0.0494. The van der Waals surface area contributed by atoms with Gasteiger partial charge in [-0.05, 0) is 56.0 Å². The predicted octanol–water partition coefficient (Wildman–Crippen LogP) is 3.91. The molecule has 18 heavy (non-hydrogen) atoms. The van der Waals surface area contributed by atoms with Crippen LogP contribution in [-0.4, -0.2) is 6.54 Å². The van der Waals surface area contributed by atoms with Crippen molar-refractivity contribution in [2.45, 2.75) is 38.6 Å². The highest BCUT2D eigenvalue weighted by molar-refractivity contribution is 5.23. The van der Waals surface area contributed by atoms with Crippen LogP contribution < -0.4 is 5.32 Å². The molecule has 0 bridgehead atoms. The van der Waals surface area contributed by atoms with Crippen molar-refractivity contribution in [3.8, 4) is 0 Å². The normalized spacial score (nSPS) is 31.1. The molecule has 0 spiro atoms. The van der Waals surface area contributed by atoms with Gasteiger partial charge in [-0.25, -0.2) is 4.39 Å². The molecule has 2 aliphatic carbocycles. The summed E-state index contributed by atoms with van der Waals surface area (Å²) >= 11 is 0. The minimum absolute atomic E-state index is 0.0494. The van der Waals surface area contributed by atoms with Crippen LogP contribution in [0.1, 0.15) is 44.2 Å². The molecule has 0 aromatic heterocycles. The minimum Gasteiger partial charge on any atom is -0.310 e. The number of halogens is 1. The van der Waals surface area contributed by atoms with Crippen molar-refractivity contribution in [1.82, 2.24) is 5.32 Å². The summed E-state index contributed by atoms with van der Waals surface area (Å²) in [5.74, 6) is 2.49. The van der Waals surface area contributed by atoms with E-state index in [1.807, 2.05) is 12.1 Å². The summed E-state index contributed by atoms with van der Waals surface area (Å²) in [6, 6.07) is 7.49. The first-order valence-corrected chi connectivity index (χ1v) is 7.27. The van der Waals surface area contributed by atoms with E-state index in [4.69, 9.17) is 0 Å². The van der Waals surface area contributed by atoms with Gasteiger partial charge in [0.1, 0.15) is 5.82 Å². The van der Waals surface area contributed by atoms with Gasteiger partial charge in [-0.1, -0.05) is 25.1 Å². The molecule has 3 atom stereocenters. The average molecular weight is 247 g/mol. The molecule has 0 radical (unpaired) electrons. The summed E-state index contributed by atoms with van der Waals surface area (Å²) in [6.07, 6.45) is 5.11. The standard InChI is InChI=1S/C16H22FN/c1-2-7-18-16(13-9-11-8-12(11)10-13)14-5-3-4-6-15(14)17/h3-6,11-13,16,18H,2,7-10H2,1H3. The third-order valence-corrected chi connectivity index (χ3v) is 4.61. The van der Waals surface area contributed by atoms with Gasteiger partial charge in [-0.2, -0.15) is 0 Å². The summed E-state index contributed by atoms with van der Waals surface area (Å²) in [4.78, 5) is 0. The lowest BCUT2D eigenvalue weighted by Gasteiger charge is -2.27. The predicted molar refractivity (Wildman–Crippen MR) is 71.8 cm³/mol. The topological polar surface area (TPSA) is 12.0 Å². The number of hydrogen-bond donors (Lipinski definition) is 1. The van der Waals surface area contributed by atoms with Gasteiger partial charge < -0.3 is 5.32 Å². The molecule has 2 heteroatoms. The second-order valence-corrected chi connectivity index (χ2v) is 5.94. The quantitative estimate of drug-likeness (QED) is 0.831. The molecule has 3 rings (SSSR count). The molecule has 0 saturated heterocycles. The van der Waals surface area contributed by atoms with Gasteiger partial charge in [0.05, 0.1) is 0 Å². The summed E-state index contributed by atoms with van der Waals surface area (Å²) in [5, 5.41) is 3.57. The van der Waals surface area contributed by atoms with Gasteiger partial charge >= 0.3 is 0 Å². The van der Waals surface area contributed by atoms with Gasteiger partial charge in [0.15, 0.2) is 0 Å². The Bertz CT molecular complexity index is 407. The number of nitrogens with one attached hydrogen (secondary N) is 1. The van der Waals surface area contributed by atoms with E-state index >= 15 is 0 Å². The summed E-state index contributed by atoms with van der Waals surface area (Å²) in [7, 11) is 0. The molecule has 0 heterocycles. The van der Waals surface area contributed by atoms with E-state index in [0.717, 1.165) is 30.4 Å². The highest BCUT2D eigenvalue weighted by atomic mass is 19.1. The molecule has 1 nitrogen and oxygen atoms in total. The van der Waals surface area contributed by atoms with Crippen LogP contribution in [0, 0.1) is 23.6 Å². The largest absolute Gasteiger partial charge is 0.310 e. The fourth-order valence-electron chi connectivity index (χ4n) is 3.59. The van der Waals surface area contributed by atoms with E-state index < -0.39 is 0 Å². The molecule has 1 aromatic rings. The van der Waals surface area contributed by atoms with Gasteiger partial charge in [0.2, 0.25) is 0 Å². The number of rotatable bonds is 5. The van der Waals surface area contributed by atoms with E-state index in [0.29, 0.717) is 5.92 Å². The van der Waals surface area contributed by atoms with Crippen molar-refractivity contribution in [3.63, 3.8) is 0 Å². The SMILES string of the molecule is CCCNC(c1ccccc1F)C1CC2CC2C1. The Hall–Kier alpha value is -0.890. The maximum absolute atomic E-state index is 14.0. The van der Waals surface area contributed by atoms with Gasteiger partial charge in [0, 0.05) is 11.6 Å². The Labute approximate surface area is 109 Å². The van der Waals surface area contributed by atoms with E-state index in [1.165, 1.54) is 19.3 Å². The van der Waals surface area contributed by atoms with Crippen molar-refractivity contribution < 1.29 is 4.39 Å². The Balaban J connectivity index is 1.78. The van der Waals surface area contributed by atoms with Crippen molar-refractivity contribution in [2.75, 3.05) is 6.54 Å². The van der Waals surface area contributed by atoms with Crippen LogP contribution in [-0.2, 0) is 0 Å². The molecule has 98 valence electrons.